The number of hydrogen-bond acceptors (Lipinski definition) is 2. The number of carboxylic acids is 1. The van der Waals surface area contributed by atoms with Crippen LogP contribution < -0.4 is 0 Å². The molecule has 1 fully saturated rings. The van der Waals surface area contributed by atoms with Gasteiger partial charge in [0.1, 0.15) is 5.78 Å². The first-order valence-corrected chi connectivity index (χ1v) is 6.83. The molecule has 1 N–H and O–H groups in total. The smallest absolute Gasteiger partial charge is 0.307 e. The summed E-state index contributed by atoms with van der Waals surface area (Å²) < 4.78 is 0. The number of Topliss-reactive ketones (excluding diaryl/α,β-unsaturated/α-hetero) is 1. The van der Waals surface area contributed by atoms with Crippen LogP contribution in [-0.4, -0.2) is 16.9 Å². The summed E-state index contributed by atoms with van der Waals surface area (Å²) in [4.78, 5) is 22.9. The number of rotatable bonds is 3. The van der Waals surface area contributed by atoms with Crippen LogP contribution in [0.3, 0.4) is 0 Å². The Morgan fingerprint density at radius 1 is 1.26 bits per heavy atom. The fraction of sp³-hybridized carbons (Fsp3) is 0.500. The van der Waals surface area contributed by atoms with Crippen molar-refractivity contribution in [1.29, 1.82) is 0 Å². The molecule has 0 aromatic heterocycles. The first-order valence-electron chi connectivity index (χ1n) is 6.83. The van der Waals surface area contributed by atoms with E-state index < -0.39 is 11.9 Å². The van der Waals surface area contributed by atoms with Crippen molar-refractivity contribution in [3.8, 4) is 0 Å². The van der Waals surface area contributed by atoms with Crippen LogP contribution in [0.2, 0.25) is 0 Å². The van der Waals surface area contributed by atoms with Gasteiger partial charge in [-0.05, 0) is 23.5 Å². The molecule has 1 saturated carbocycles. The normalized spacial score (nSPS) is 23.6. The fourth-order valence-corrected chi connectivity index (χ4v) is 2.78. The topological polar surface area (TPSA) is 54.4 Å². The number of ketones is 1. The lowest BCUT2D eigenvalue weighted by Gasteiger charge is -2.28. The molecule has 0 amide bonds. The summed E-state index contributed by atoms with van der Waals surface area (Å²) in [5.41, 5.74) is 2.21. The minimum absolute atomic E-state index is 0.167. The van der Waals surface area contributed by atoms with Gasteiger partial charge in [0.25, 0.3) is 0 Å². The monoisotopic (exact) mass is 260 g/mol. The van der Waals surface area contributed by atoms with E-state index in [-0.39, 0.29) is 11.7 Å². The summed E-state index contributed by atoms with van der Waals surface area (Å²) >= 11 is 0. The van der Waals surface area contributed by atoms with Gasteiger partial charge in [0.2, 0.25) is 0 Å². The number of benzene rings is 1. The highest BCUT2D eigenvalue weighted by atomic mass is 16.4. The zero-order chi connectivity index (χ0) is 14.0. The summed E-state index contributed by atoms with van der Waals surface area (Å²) in [5.74, 6) is -0.749. The van der Waals surface area contributed by atoms with E-state index >= 15 is 0 Å². The first-order chi connectivity index (χ1) is 8.99. The van der Waals surface area contributed by atoms with Crippen LogP contribution in [0.1, 0.15) is 56.1 Å². The van der Waals surface area contributed by atoms with E-state index in [1.807, 2.05) is 24.3 Å². The molecule has 3 heteroatoms. The number of aliphatic carboxylic acids is 1. The fourth-order valence-electron chi connectivity index (χ4n) is 2.78. The van der Waals surface area contributed by atoms with Gasteiger partial charge < -0.3 is 5.11 Å². The van der Waals surface area contributed by atoms with Crippen LogP contribution in [0.4, 0.5) is 0 Å². The highest BCUT2D eigenvalue weighted by Crippen LogP contribution is 2.36. The molecule has 0 spiro atoms. The van der Waals surface area contributed by atoms with Gasteiger partial charge in [-0.2, -0.15) is 0 Å². The molecule has 0 bridgehead atoms. The predicted molar refractivity (Wildman–Crippen MR) is 73.3 cm³/mol. The van der Waals surface area contributed by atoms with Gasteiger partial charge in [0.15, 0.2) is 0 Å². The van der Waals surface area contributed by atoms with Crippen LogP contribution in [0, 0.1) is 5.92 Å². The molecule has 1 aromatic rings. The maximum atomic E-state index is 11.6. The average Bonchev–Trinajstić information content (AvgIpc) is 2.38. The largest absolute Gasteiger partial charge is 0.481 e. The third-order valence-corrected chi connectivity index (χ3v) is 4.02. The van der Waals surface area contributed by atoms with Crippen LogP contribution >= 0.6 is 0 Å². The third-order valence-electron chi connectivity index (χ3n) is 4.02. The van der Waals surface area contributed by atoms with Gasteiger partial charge >= 0.3 is 5.97 Å². The third kappa shape index (κ3) is 3.03. The van der Waals surface area contributed by atoms with E-state index in [1.54, 1.807) is 0 Å². The molecule has 0 aliphatic heterocycles. The summed E-state index contributed by atoms with van der Waals surface area (Å²) in [6.45, 7) is 4.25. The Labute approximate surface area is 113 Å². The van der Waals surface area contributed by atoms with Crippen LogP contribution in [0.5, 0.6) is 0 Å². The predicted octanol–water partition coefficient (Wildman–Crippen LogP) is 3.35. The van der Waals surface area contributed by atoms with Crippen molar-refractivity contribution in [3.63, 3.8) is 0 Å². The second kappa shape index (κ2) is 5.55. The maximum Gasteiger partial charge on any atom is 0.307 e. The quantitative estimate of drug-likeness (QED) is 0.906. The molecular weight excluding hydrogens is 240 g/mol. The van der Waals surface area contributed by atoms with Crippen molar-refractivity contribution in [2.45, 2.75) is 44.9 Å². The number of carboxylic acid groups (broad SMARTS) is 1. The molecule has 2 atom stereocenters. The van der Waals surface area contributed by atoms with Crippen molar-refractivity contribution in [2.24, 2.45) is 5.92 Å². The summed E-state index contributed by atoms with van der Waals surface area (Å²) in [6.07, 6.45) is 1.22. The van der Waals surface area contributed by atoms with Crippen molar-refractivity contribution >= 4 is 11.8 Å². The molecule has 0 saturated heterocycles. The SMILES string of the molecule is CC(C)c1ccc(C2CC(=O)CCC2C(=O)O)cc1. The summed E-state index contributed by atoms with van der Waals surface area (Å²) in [7, 11) is 0. The highest BCUT2D eigenvalue weighted by molar-refractivity contribution is 5.83. The van der Waals surface area contributed by atoms with E-state index in [4.69, 9.17) is 0 Å². The van der Waals surface area contributed by atoms with Gasteiger partial charge in [0, 0.05) is 18.8 Å². The zero-order valence-electron chi connectivity index (χ0n) is 11.4. The minimum atomic E-state index is -0.787. The van der Waals surface area contributed by atoms with Gasteiger partial charge in [-0.15, -0.1) is 0 Å². The molecule has 2 rings (SSSR count). The van der Waals surface area contributed by atoms with Gasteiger partial charge in [-0.25, -0.2) is 0 Å². The number of hydrogen-bond donors (Lipinski definition) is 1. The molecule has 2 unspecified atom stereocenters. The standard InChI is InChI=1S/C16H20O3/c1-10(2)11-3-5-12(6-4-11)15-9-13(17)7-8-14(15)16(18)19/h3-6,10,14-15H,7-9H2,1-2H3,(H,18,19). The molecule has 102 valence electrons. The van der Waals surface area contributed by atoms with Gasteiger partial charge in [-0.3, -0.25) is 9.59 Å². The molecule has 0 radical (unpaired) electrons. The molecule has 19 heavy (non-hydrogen) atoms. The summed E-state index contributed by atoms with van der Waals surface area (Å²) in [5, 5.41) is 9.29. The first kappa shape index (κ1) is 13.8. The number of carbonyl (C=O) groups is 2. The van der Waals surface area contributed by atoms with Gasteiger partial charge in [0.05, 0.1) is 5.92 Å². The summed E-state index contributed by atoms with van der Waals surface area (Å²) in [6, 6.07) is 8.04. The second-order valence-corrected chi connectivity index (χ2v) is 5.65. The van der Waals surface area contributed by atoms with E-state index in [9.17, 15) is 14.7 Å². The minimum Gasteiger partial charge on any atom is -0.481 e. The lowest BCUT2D eigenvalue weighted by molar-refractivity contribution is -0.144. The Morgan fingerprint density at radius 2 is 1.89 bits per heavy atom. The molecule has 0 heterocycles. The molecule has 1 aromatic carbocycles. The Kier molecular flexibility index (Phi) is 4.03. The number of carbonyl (C=O) groups excluding carboxylic acids is 1. The Balaban J connectivity index is 2.26. The Bertz CT molecular complexity index is 473. The van der Waals surface area contributed by atoms with Crippen LogP contribution in [0.25, 0.3) is 0 Å². The Morgan fingerprint density at radius 3 is 2.42 bits per heavy atom. The average molecular weight is 260 g/mol. The van der Waals surface area contributed by atoms with E-state index in [0.29, 0.717) is 25.2 Å². The molecule has 1 aliphatic carbocycles. The van der Waals surface area contributed by atoms with Crippen LogP contribution in [0.15, 0.2) is 24.3 Å². The van der Waals surface area contributed by atoms with E-state index in [0.717, 1.165) is 5.56 Å². The second-order valence-electron chi connectivity index (χ2n) is 5.65. The van der Waals surface area contributed by atoms with Crippen molar-refractivity contribution < 1.29 is 14.7 Å². The van der Waals surface area contributed by atoms with E-state index in [1.165, 1.54) is 5.56 Å². The lowest BCUT2D eigenvalue weighted by Crippen LogP contribution is -2.29. The van der Waals surface area contributed by atoms with E-state index in [2.05, 4.69) is 13.8 Å². The molecular formula is C16H20O3. The Hall–Kier alpha value is -1.64. The lowest BCUT2D eigenvalue weighted by atomic mass is 9.75. The van der Waals surface area contributed by atoms with Crippen molar-refractivity contribution in [1.82, 2.24) is 0 Å². The van der Waals surface area contributed by atoms with Crippen molar-refractivity contribution in [3.05, 3.63) is 35.4 Å². The zero-order valence-corrected chi connectivity index (χ0v) is 11.4. The van der Waals surface area contributed by atoms with Crippen LogP contribution in [-0.2, 0) is 9.59 Å². The maximum absolute atomic E-state index is 11.6. The molecule has 1 aliphatic rings. The van der Waals surface area contributed by atoms with Gasteiger partial charge in [-0.1, -0.05) is 38.1 Å². The molecule has 3 nitrogen and oxygen atoms in total. The highest BCUT2D eigenvalue weighted by Gasteiger charge is 2.35. The van der Waals surface area contributed by atoms with Crippen molar-refractivity contribution in [2.75, 3.05) is 0 Å².